The molecule has 0 saturated carbocycles. The number of benzene rings is 2. The Morgan fingerprint density at radius 3 is 2.61 bits per heavy atom. The van der Waals surface area contributed by atoms with Crippen LogP contribution in [0, 0.1) is 6.92 Å². The number of anilines is 1. The second kappa shape index (κ2) is 7.68. The Hall–Kier alpha value is -2.49. The van der Waals surface area contributed by atoms with Crippen LogP contribution in [0.2, 0.25) is 0 Å². The molecule has 2 aromatic rings. The average Bonchev–Trinajstić information content (AvgIpc) is 2.55. The minimum Gasteiger partial charge on any atom is -0.494 e. The number of amides is 1. The molecule has 1 N–H and O–H groups in total. The lowest BCUT2D eigenvalue weighted by Gasteiger charge is -2.14. The highest BCUT2D eigenvalue weighted by molar-refractivity contribution is 5.94. The summed E-state index contributed by atoms with van der Waals surface area (Å²) in [7, 11) is 4.00. The summed E-state index contributed by atoms with van der Waals surface area (Å²) in [6, 6.07) is 13.6. The van der Waals surface area contributed by atoms with Crippen LogP contribution < -0.4 is 15.0 Å². The maximum atomic E-state index is 12.3. The fraction of sp³-hybridized carbons (Fsp3) is 0.316. The largest absolute Gasteiger partial charge is 0.494 e. The highest BCUT2D eigenvalue weighted by atomic mass is 16.5. The molecule has 0 aliphatic rings. The summed E-state index contributed by atoms with van der Waals surface area (Å²) >= 11 is 0. The van der Waals surface area contributed by atoms with Gasteiger partial charge in [0.05, 0.1) is 6.61 Å². The zero-order valence-electron chi connectivity index (χ0n) is 14.2. The van der Waals surface area contributed by atoms with Crippen molar-refractivity contribution in [3.05, 3.63) is 59.2 Å². The van der Waals surface area contributed by atoms with E-state index in [1.165, 1.54) is 0 Å². The van der Waals surface area contributed by atoms with E-state index in [1.807, 2.05) is 63.2 Å². The van der Waals surface area contributed by atoms with Crippen molar-refractivity contribution in [1.82, 2.24) is 5.32 Å². The quantitative estimate of drug-likeness (QED) is 0.889. The van der Waals surface area contributed by atoms with Crippen molar-refractivity contribution >= 4 is 11.6 Å². The van der Waals surface area contributed by atoms with Crippen molar-refractivity contribution in [1.29, 1.82) is 0 Å². The Morgan fingerprint density at radius 2 is 1.96 bits per heavy atom. The lowest BCUT2D eigenvalue weighted by atomic mass is 10.1. The highest BCUT2D eigenvalue weighted by Crippen LogP contribution is 2.19. The molecule has 2 aromatic carbocycles. The Bertz CT molecular complexity index is 681. The van der Waals surface area contributed by atoms with Gasteiger partial charge in [0.2, 0.25) is 0 Å². The van der Waals surface area contributed by atoms with Crippen molar-refractivity contribution in [2.75, 3.05) is 25.6 Å². The molecule has 0 aliphatic heterocycles. The molecule has 1 amide bonds. The van der Waals surface area contributed by atoms with Crippen LogP contribution in [0.1, 0.15) is 28.4 Å². The van der Waals surface area contributed by atoms with E-state index in [1.54, 1.807) is 6.07 Å². The second-order valence-corrected chi connectivity index (χ2v) is 5.66. The molecule has 0 atom stereocenters. The molecule has 0 radical (unpaired) electrons. The molecule has 0 saturated heterocycles. The van der Waals surface area contributed by atoms with E-state index in [4.69, 9.17) is 4.74 Å². The smallest absolute Gasteiger partial charge is 0.251 e. The SMILES string of the molecule is CCOc1ccc(C(=O)NCc2cccc(N(C)C)c2)cc1C. The molecule has 0 fully saturated rings. The van der Waals surface area contributed by atoms with Crippen LogP contribution in [0.25, 0.3) is 0 Å². The van der Waals surface area contributed by atoms with Gasteiger partial charge < -0.3 is 15.0 Å². The van der Waals surface area contributed by atoms with E-state index in [-0.39, 0.29) is 5.91 Å². The first-order valence-corrected chi connectivity index (χ1v) is 7.79. The van der Waals surface area contributed by atoms with Gasteiger partial charge in [-0.1, -0.05) is 12.1 Å². The summed E-state index contributed by atoms with van der Waals surface area (Å²) in [5.41, 5.74) is 3.81. The molecule has 0 aliphatic carbocycles. The minimum absolute atomic E-state index is 0.0774. The third-order valence-corrected chi connectivity index (χ3v) is 3.62. The van der Waals surface area contributed by atoms with Gasteiger partial charge in [-0.2, -0.15) is 0 Å². The first-order valence-electron chi connectivity index (χ1n) is 7.79. The molecular weight excluding hydrogens is 288 g/mol. The molecule has 23 heavy (non-hydrogen) atoms. The maximum Gasteiger partial charge on any atom is 0.251 e. The standard InChI is InChI=1S/C19H24N2O2/c1-5-23-18-10-9-16(11-14(18)2)19(22)20-13-15-7-6-8-17(12-15)21(3)4/h6-12H,5,13H2,1-4H3,(H,20,22). The zero-order valence-corrected chi connectivity index (χ0v) is 14.2. The van der Waals surface area contributed by atoms with Crippen LogP contribution in [-0.4, -0.2) is 26.6 Å². The first kappa shape index (κ1) is 16.9. The van der Waals surface area contributed by atoms with Crippen molar-refractivity contribution in [3.63, 3.8) is 0 Å². The van der Waals surface area contributed by atoms with Gasteiger partial charge in [-0.25, -0.2) is 0 Å². The van der Waals surface area contributed by atoms with Crippen LogP contribution >= 0.6 is 0 Å². The second-order valence-electron chi connectivity index (χ2n) is 5.66. The Kier molecular flexibility index (Phi) is 5.63. The van der Waals surface area contributed by atoms with Crippen LogP contribution in [-0.2, 0) is 6.54 Å². The summed E-state index contributed by atoms with van der Waals surface area (Å²) in [6.07, 6.45) is 0. The van der Waals surface area contributed by atoms with Gasteiger partial charge in [-0.3, -0.25) is 4.79 Å². The molecule has 122 valence electrons. The normalized spacial score (nSPS) is 10.3. The number of carbonyl (C=O) groups is 1. The molecule has 0 spiro atoms. The summed E-state index contributed by atoms with van der Waals surface area (Å²) in [5.74, 6) is 0.745. The molecule has 4 heteroatoms. The molecule has 4 nitrogen and oxygen atoms in total. The van der Waals surface area contributed by atoms with Crippen molar-refractivity contribution in [2.24, 2.45) is 0 Å². The fourth-order valence-corrected chi connectivity index (χ4v) is 2.34. The van der Waals surface area contributed by atoms with E-state index >= 15 is 0 Å². The van der Waals surface area contributed by atoms with Crippen molar-refractivity contribution in [3.8, 4) is 5.75 Å². The van der Waals surface area contributed by atoms with Crippen LogP contribution in [0.15, 0.2) is 42.5 Å². The van der Waals surface area contributed by atoms with Gasteiger partial charge in [0.25, 0.3) is 5.91 Å². The summed E-state index contributed by atoms with van der Waals surface area (Å²) < 4.78 is 5.50. The number of carbonyl (C=O) groups excluding carboxylic acids is 1. The Balaban J connectivity index is 2.02. The number of hydrogen-bond acceptors (Lipinski definition) is 3. The summed E-state index contributed by atoms with van der Waals surface area (Å²) in [5, 5.41) is 2.96. The van der Waals surface area contributed by atoms with Gasteiger partial charge in [-0.05, 0) is 55.3 Å². The number of nitrogens with one attached hydrogen (secondary N) is 1. The van der Waals surface area contributed by atoms with E-state index in [0.29, 0.717) is 18.7 Å². The van der Waals surface area contributed by atoms with Gasteiger partial charge in [-0.15, -0.1) is 0 Å². The van der Waals surface area contributed by atoms with Crippen LogP contribution in [0.5, 0.6) is 5.75 Å². The molecule has 0 heterocycles. The number of nitrogens with zero attached hydrogens (tertiary/aromatic N) is 1. The molecule has 2 rings (SSSR count). The zero-order chi connectivity index (χ0) is 16.8. The van der Waals surface area contributed by atoms with E-state index in [9.17, 15) is 4.79 Å². The lowest BCUT2D eigenvalue weighted by Crippen LogP contribution is -2.23. The average molecular weight is 312 g/mol. The predicted octanol–water partition coefficient (Wildman–Crippen LogP) is 3.39. The molecule has 0 bridgehead atoms. The van der Waals surface area contributed by atoms with Crippen molar-refractivity contribution < 1.29 is 9.53 Å². The predicted molar refractivity (Wildman–Crippen MR) is 94.3 cm³/mol. The summed E-state index contributed by atoms with van der Waals surface area (Å²) in [4.78, 5) is 14.3. The topological polar surface area (TPSA) is 41.6 Å². The third-order valence-electron chi connectivity index (χ3n) is 3.62. The Morgan fingerprint density at radius 1 is 1.17 bits per heavy atom. The molecular formula is C19H24N2O2. The molecule has 0 unspecified atom stereocenters. The van der Waals surface area contributed by atoms with Crippen LogP contribution in [0.4, 0.5) is 5.69 Å². The van der Waals surface area contributed by atoms with E-state index in [2.05, 4.69) is 11.4 Å². The minimum atomic E-state index is -0.0774. The van der Waals surface area contributed by atoms with Gasteiger partial charge in [0, 0.05) is 31.9 Å². The third kappa shape index (κ3) is 4.49. The number of aryl methyl sites for hydroxylation is 1. The lowest BCUT2D eigenvalue weighted by molar-refractivity contribution is 0.0951. The number of ether oxygens (including phenoxy) is 1. The van der Waals surface area contributed by atoms with Crippen molar-refractivity contribution in [2.45, 2.75) is 20.4 Å². The van der Waals surface area contributed by atoms with Crippen LogP contribution in [0.3, 0.4) is 0 Å². The van der Waals surface area contributed by atoms with Gasteiger partial charge in [0.15, 0.2) is 0 Å². The fourth-order valence-electron chi connectivity index (χ4n) is 2.34. The summed E-state index contributed by atoms with van der Waals surface area (Å²) in [6.45, 7) is 5.02. The van der Waals surface area contributed by atoms with E-state index in [0.717, 1.165) is 22.6 Å². The van der Waals surface area contributed by atoms with Gasteiger partial charge >= 0.3 is 0 Å². The van der Waals surface area contributed by atoms with Gasteiger partial charge in [0.1, 0.15) is 5.75 Å². The Labute approximate surface area is 138 Å². The molecule has 0 aromatic heterocycles. The maximum absolute atomic E-state index is 12.3. The van der Waals surface area contributed by atoms with E-state index < -0.39 is 0 Å². The highest BCUT2D eigenvalue weighted by Gasteiger charge is 2.08. The monoisotopic (exact) mass is 312 g/mol. The number of rotatable bonds is 6. The number of hydrogen-bond donors (Lipinski definition) is 1. The first-order chi connectivity index (χ1) is 11.0.